The van der Waals surface area contributed by atoms with Gasteiger partial charge in [-0.2, -0.15) is 0 Å². The summed E-state index contributed by atoms with van der Waals surface area (Å²) in [5.41, 5.74) is 7.46. The van der Waals surface area contributed by atoms with Crippen molar-refractivity contribution >= 4 is 5.69 Å². The lowest BCUT2D eigenvalue weighted by atomic mass is 10.3. The normalized spacial score (nSPS) is 10.1. The lowest BCUT2D eigenvalue weighted by Gasteiger charge is -2.03. The summed E-state index contributed by atoms with van der Waals surface area (Å²) in [6.07, 6.45) is 3.80. The SMILES string of the molecule is COc1ccc(-n2ccc(N)c2)cc1. The summed E-state index contributed by atoms with van der Waals surface area (Å²) in [4.78, 5) is 0. The van der Waals surface area contributed by atoms with Crippen LogP contribution in [0.4, 0.5) is 5.69 Å². The van der Waals surface area contributed by atoms with Crippen LogP contribution in [0.1, 0.15) is 0 Å². The van der Waals surface area contributed by atoms with Gasteiger partial charge in [0, 0.05) is 23.8 Å². The Labute approximate surface area is 82.7 Å². The molecule has 0 bridgehead atoms. The van der Waals surface area contributed by atoms with Crippen LogP contribution in [0, 0.1) is 0 Å². The molecule has 0 spiro atoms. The number of hydrogen-bond donors (Lipinski definition) is 1. The number of methoxy groups -OCH3 is 1. The van der Waals surface area contributed by atoms with Crippen molar-refractivity contribution in [2.45, 2.75) is 0 Å². The Hall–Kier alpha value is -1.90. The summed E-state index contributed by atoms with van der Waals surface area (Å²) in [6, 6.07) is 9.68. The van der Waals surface area contributed by atoms with E-state index in [9.17, 15) is 0 Å². The Balaban J connectivity index is 2.33. The summed E-state index contributed by atoms with van der Waals surface area (Å²) in [7, 11) is 1.66. The predicted molar refractivity (Wildman–Crippen MR) is 56.7 cm³/mol. The summed E-state index contributed by atoms with van der Waals surface area (Å²) in [5.74, 6) is 0.855. The lowest BCUT2D eigenvalue weighted by Crippen LogP contribution is -1.90. The van der Waals surface area contributed by atoms with Gasteiger partial charge >= 0.3 is 0 Å². The third-order valence-electron chi connectivity index (χ3n) is 2.09. The molecule has 0 aliphatic rings. The van der Waals surface area contributed by atoms with Crippen LogP contribution in [0.3, 0.4) is 0 Å². The number of hydrogen-bond acceptors (Lipinski definition) is 2. The molecule has 0 radical (unpaired) electrons. The second kappa shape index (κ2) is 3.46. The molecule has 1 heterocycles. The van der Waals surface area contributed by atoms with Crippen LogP contribution < -0.4 is 10.5 Å². The van der Waals surface area contributed by atoms with Crippen molar-refractivity contribution in [1.29, 1.82) is 0 Å². The highest BCUT2D eigenvalue weighted by Gasteiger charge is 1.96. The van der Waals surface area contributed by atoms with Crippen molar-refractivity contribution in [1.82, 2.24) is 4.57 Å². The molecule has 3 nitrogen and oxygen atoms in total. The third-order valence-corrected chi connectivity index (χ3v) is 2.09. The Morgan fingerprint density at radius 1 is 1.14 bits per heavy atom. The minimum absolute atomic E-state index is 0.765. The highest BCUT2D eigenvalue weighted by molar-refractivity contribution is 5.43. The maximum Gasteiger partial charge on any atom is 0.119 e. The zero-order valence-corrected chi connectivity index (χ0v) is 7.97. The molecule has 1 aromatic heterocycles. The highest BCUT2D eigenvalue weighted by Crippen LogP contribution is 2.16. The van der Waals surface area contributed by atoms with Gasteiger partial charge in [0.2, 0.25) is 0 Å². The Morgan fingerprint density at radius 3 is 2.36 bits per heavy atom. The fraction of sp³-hybridized carbons (Fsp3) is 0.0909. The van der Waals surface area contributed by atoms with Gasteiger partial charge in [-0.15, -0.1) is 0 Å². The van der Waals surface area contributed by atoms with Gasteiger partial charge in [0.1, 0.15) is 5.75 Å². The number of nitrogens with zero attached hydrogens (tertiary/aromatic N) is 1. The number of rotatable bonds is 2. The van der Waals surface area contributed by atoms with Crippen LogP contribution in [0.5, 0.6) is 5.75 Å². The second-order valence-electron chi connectivity index (χ2n) is 3.05. The number of anilines is 1. The molecule has 0 saturated carbocycles. The molecule has 0 fully saturated rings. The second-order valence-corrected chi connectivity index (χ2v) is 3.05. The van der Waals surface area contributed by atoms with Gasteiger partial charge in [0.25, 0.3) is 0 Å². The van der Waals surface area contributed by atoms with Crippen molar-refractivity contribution in [3.63, 3.8) is 0 Å². The average molecular weight is 188 g/mol. The predicted octanol–water partition coefficient (Wildman–Crippen LogP) is 2.07. The van der Waals surface area contributed by atoms with Crippen molar-refractivity contribution in [3.8, 4) is 11.4 Å². The van der Waals surface area contributed by atoms with E-state index in [0.717, 1.165) is 17.1 Å². The van der Waals surface area contributed by atoms with E-state index in [1.807, 2.05) is 47.3 Å². The Morgan fingerprint density at radius 2 is 1.86 bits per heavy atom. The number of aromatic nitrogens is 1. The molecule has 2 aromatic rings. The van der Waals surface area contributed by atoms with E-state index in [4.69, 9.17) is 10.5 Å². The van der Waals surface area contributed by atoms with E-state index in [1.165, 1.54) is 0 Å². The van der Waals surface area contributed by atoms with Crippen LogP contribution >= 0.6 is 0 Å². The first-order valence-electron chi connectivity index (χ1n) is 4.37. The van der Waals surface area contributed by atoms with Gasteiger partial charge in [-0.25, -0.2) is 0 Å². The Kier molecular flexibility index (Phi) is 2.14. The molecule has 0 aliphatic carbocycles. The smallest absolute Gasteiger partial charge is 0.119 e. The quantitative estimate of drug-likeness (QED) is 0.783. The monoisotopic (exact) mass is 188 g/mol. The topological polar surface area (TPSA) is 40.2 Å². The van der Waals surface area contributed by atoms with Gasteiger partial charge in [-0.1, -0.05) is 0 Å². The first kappa shape index (κ1) is 8.69. The van der Waals surface area contributed by atoms with Gasteiger partial charge in [0.15, 0.2) is 0 Å². The van der Waals surface area contributed by atoms with E-state index in [0.29, 0.717) is 0 Å². The maximum absolute atomic E-state index is 5.63. The van der Waals surface area contributed by atoms with Gasteiger partial charge in [-0.3, -0.25) is 0 Å². The largest absolute Gasteiger partial charge is 0.497 e. The van der Waals surface area contributed by atoms with Gasteiger partial charge in [0.05, 0.1) is 7.11 Å². The third kappa shape index (κ3) is 1.57. The lowest BCUT2D eigenvalue weighted by molar-refractivity contribution is 0.415. The number of nitrogens with two attached hydrogens (primary N) is 1. The summed E-state index contributed by atoms with van der Waals surface area (Å²) in [5, 5.41) is 0. The summed E-state index contributed by atoms with van der Waals surface area (Å²) >= 11 is 0. The molecule has 14 heavy (non-hydrogen) atoms. The van der Waals surface area contributed by atoms with Gasteiger partial charge in [-0.05, 0) is 30.3 Å². The molecule has 3 heteroatoms. The zero-order chi connectivity index (χ0) is 9.97. The first-order valence-corrected chi connectivity index (χ1v) is 4.37. The molecule has 1 aromatic carbocycles. The summed E-state index contributed by atoms with van der Waals surface area (Å²) < 4.78 is 7.04. The molecule has 2 rings (SSSR count). The molecule has 0 unspecified atom stereocenters. The molecule has 0 aliphatic heterocycles. The van der Waals surface area contributed by atoms with E-state index < -0.39 is 0 Å². The number of nitrogen functional groups attached to an aromatic ring is 1. The average Bonchev–Trinajstić information content (AvgIpc) is 2.65. The van der Waals surface area contributed by atoms with Crippen molar-refractivity contribution in [2.75, 3.05) is 12.8 Å². The first-order chi connectivity index (χ1) is 6.79. The molecule has 0 amide bonds. The number of ether oxygens (including phenoxy) is 1. The Bertz CT molecular complexity index is 417. The van der Waals surface area contributed by atoms with Crippen molar-refractivity contribution in [2.24, 2.45) is 0 Å². The molecular weight excluding hydrogens is 176 g/mol. The minimum Gasteiger partial charge on any atom is -0.497 e. The van der Waals surface area contributed by atoms with Crippen molar-refractivity contribution in [3.05, 3.63) is 42.7 Å². The van der Waals surface area contributed by atoms with E-state index in [1.54, 1.807) is 7.11 Å². The van der Waals surface area contributed by atoms with Crippen LogP contribution in [0.2, 0.25) is 0 Å². The van der Waals surface area contributed by atoms with E-state index >= 15 is 0 Å². The van der Waals surface area contributed by atoms with Gasteiger partial charge < -0.3 is 15.0 Å². The molecule has 0 atom stereocenters. The van der Waals surface area contributed by atoms with Crippen LogP contribution in [0.25, 0.3) is 5.69 Å². The minimum atomic E-state index is 0.765. The highest BCUT2D eigenvalue weighted by atomic mass is 16.5. The molecule has 72 valence electrons. The van der Waals surface area contributed by atoms with E-state index in [2.05, 4.69) is 0 Å². The van der Waals surface area contributed by atoms with Crippen LogP contribution in [-0.4, -0.2) is 11.7 Å². The maximum atomic E-state index is 5.63. The van der Waals surface area contributed by atoms with Crippen LogP contribution in [-0.2, 0) is 0 Å². The van der Waals surface area contributed by atoms with Crippen LogP contribution in [0.15, 0.2) is 42.7 Å². The zero-order valence-electron chi connectivity index (χ0n) is 7.97. The van der Waals surface area contributed by atoms with Crippen molar-refractivity contribution < 1.29 is 4.74 Å². The molecule has 2 N–H and O–H groups in total. The molecular formula is C11H12N2O. The fourth-order valence-corrected chi connectivity index (χ4v) is 1.33. The molecule has 0 saturated heterocycles. The number of benzene rings is 1. The summed E-state index contributed by atoms with van der Waals surface area (Å²) in [6.45, 7) is 0. The van der Waals surface area contributed by atoms with E-state index in [-0.39, 0.29) is 0 Å². The standard InChI is InChI=1S/C11H12N2O/c1-14-11-4-2-10(3-5-11)13-7-6-9(12)8-13/h2-8H,12H2,1H3. The fourth-order valence-electron chi connectivity index (χ4n) is 1.33.